The first-order valence-electron chi connectivity index (χ1n) is 4.63. The summed E-state index contributed by atoms with van der Waals surface area (Å²) in [6.07, 6.45) is 1.50. The van der Waals surface area contributed by atoms with Crippen LogP contribution in [0.15, 0.2) is 0 Å². The number of rotatable bonds is 8. The molecule has 0 aromatic rings. The van der Waals surface area contributed by atoms with Crippen molar-refractivity contribution in [1.82, 2.24) is 0 Å². The third-order valence-corrected chi connectivity index (χ3v) is 6.22. The Morgan fingerprint density at radius 1 is 1.20 bits per heavy atom. The molecule has 0 bridgehead atoms. The van der Waals surface area contributed by atoms with Gasteiger partial charge in [-0.15, -0.1) is 0 Å². The van der Waals surface area contributed by atoms with Crippen LogP contribution in [0.25, 0.3) is 0 Å². The lowest BCUT2D eigenvalue weighted by Crippen LogP contribution is -2.45. The highest BCUT2D eigenvalue weighted by Crippen LogP contribution is 2.46. The van der Waals surface area contributed by atoms with Gasteiger partial charge in [-0.05, 0) is 6.42 Å². The van der Waals surface area contributed by atoms with E-state index in [1.54, 1.807) is 0 Å². The lowest BCUT2D eigenvalue weighted by atomic mass is 10.4. The molecule has 0 aromatic heterocycles. The lowest BCUT2D eigenvalue weighted by Gasteiger charge is -2.25. The molecule has 1 atom stereocenters. The molecule has 1 N–H and O–H groups in total. The van der Waals surface area contributed by atoms with Gasteiger partial charge in [0, 0.05) is 27.5 Å². The molecule has 0 heterocycles. The smallest absolute Gasteiger partial charge is 0.354 e. The third kappa shape index (κ3) is 5.21. The number of unbranched alkanes of at least 4 members (excludes halogenated alkanes) is 1. The summed E-state index contributed by atoms with van der Waals surface area (Å²) in [6.45, 7) is 1.92. The minimum absolute atomic E-state index is 0.0777. The summed E-state index contributed by atoms with van der Waals surface area (Å²) < 4.78 is 31.2. The largest absolute Gasteiger partial charge is 0.685 e. The zero-order valence-electron chi connectivity index (χ0n) is 9.56. The molecule has 0 aromatic carbocycles. The molecule has 0 saturated heterocycles. The van der Waals surface area contributed by atoms with Gasteiger partial charge >= 0.3 is 16.6 Å². The summed E-state index contributed by atoms with van der Waals surface area (Å²) in [5.41, 5.74) is 0. The van der Waals surface area contributed by atoms with Gasteiger partial charge in [-0.25, -0.2) is 0 Å². The van der Waals surface area contributed by atoms with Crippen LogP contribution in [0, 0.1) is 0 Å². The van der Waals surface area contributed by atoms with Crippen LogP contribution in [0.4, 0.5) is 0 Å². The Hall–Kier alpha value is 0.247. The Labute approximate surface area is 91.5 Å². The summed E-state index contributed by atoms with van der Waals surface area (Å²) in [5.74, 6) is 0. The molecule has 1 unspecified atom stereocenters. The average Bonchev–Trinajstić information content (AvgIpc) is 2.23. The average molecular weight is 258 g/mol. The summed E-state index contributed by atoms with van der Waals surface area (Å²) in [6, 6.07) is 0. The van der Waals surface area contributed by atoms with Crippen molar-refractivity contribution in [2.45, 2.75) is 19.8 Å². The standard InChI is InChI=1S/C7H19O6PSi/c1-5-6-7-14(8,9)13-15(10-2,11-3)12-4/h5-7H2,1-4H3,(H,8,9). The highest BCUT2D eigenvalue weighted by Gasteiger charge is 2.48. The predicted molar refractivity (Wildman–Crippen MR) is 57.5 cm³/mol. The first-order chi connectivity index (χ1) is 6.95. The molecule has 15 heavy (non-hydrogen) atoms. The van der Waals surface area contributed by atoms with E-state index >= 15 is 0 Å². The van der Waals surface area contributed by atoms with Crippen LogP contribution < -0.4 is 0 Å². The van der Waals surface area contributed by atoms with E-state index in [0.717, 1.165) is 6.42 Å². The van der Waals surface area contributed by atoms with Crippen LogP contribution >= 0.6 is 7.60 Å². The fraction of sp³-hybridized carbons (Fsp3) is 1.00. The fourth-order valence-corrected chi connectivity index (χ4v) is 4.81. The zero-order chi connectivity index (χ0) is 11.9. The highest BCUT2D eigenvalue weighted by molar-refractivity contribution is 7.54. The quantitative estimate of drug-likeness (QED) is 0.523. The van der Waals surface area contributed by atoms with E-state index in [2.05, 4.69) is 0 Å². The molecular weight excluding hydrogens is 239 g/mol. The van der Waals surface area contributed by atoms with E-state index in [4.69, 9.17) is 17.5 Å². The van der Waals surface area contributed by atoms with Crippen molar-refractivity contribution in [2.24, 2.45) is 0 Å². The van der Waals surface area contributed by atoms with Crippen molar-refractivity contribution in [3.05, 3.63) is 0 Å². The Bertz CT molecular complexity index is 211. The maximum absolute atomic E-state index is 11.6. The number of hydrogen-bond acceptors (Lipinski definition) is 5. The van der Waals surface area contributed by atoms with Crippen LogP contribution in [-0.2, 0) is 22.1 Å². The second kappa shape index (κ2) is 6.75. The van der Waals surface area contributed by atoms with Crippen molar-refractivity contribution >= 4 is 16.6 Å². The summed E-state index contributed by atoms with van der Waals surface area (Å²) >= 11 is 0. The lowest BCUT2D eigenvalue weighted by molar-refractivity contribution is 0.0471. The molecule has 0 amide bonds. The van der Waals surface area contributed by atoms with E-state index in [0.29, 0.717) is 6.42 Å². The molecule has 0 radical (unpaired) electrons. The highest BCUT2D eigenvalue weighted by atomic mass is 31.2. The minimum atomic E-state index is -3.69. The third-order valence-electron chi connectivity index (χ3n) is 1.80. The van der Waals surface area contributed by atoms with Crippen LogP contribution in [0.3, 0.4) is 0 Å². The molecule has 0 aliphatic carbocycles. The monoisotopic (exact) mass is 258 g/mol. The Morgan fingerprint density at radius 3 is 2.00 bits per heavy atom. The maximum Gasteiger partial charge on any atom is 0.685 e. The summed E-state index contributed by atoms with van der Waals surface area (Å²) in [7, 11) is -3.15. The summed E-state index contributed by atoms with van der Waals surface area (Å²) in [4.78, 5) is 9.50. The molecular formula is C7H19O6PSi. The van der Waals surface area contributed by atoms with Gasteiger partial charge in [-0.3, -0.25) is 8.78 Å². The van der Waals surface area contributed by atoms with Crippen molar-refractivity contribution in [2.75, 3.05) is 27.5 Å². The molecule has 0 spiro atoms. The Kier molecular flexibility index (Phi) is 6.86. The van der Waals surface area contributed by atoms with Gasteiger partial charge in [0.1, 0.15) is 0 Å². The van der Waals surface area contributed by atoms with Crippen LogP contribution in [0.5, 0.6) is 0 Å². The van der Waals surface area contributed by atoms with E-state index in [9.17, 15) is 9.46 Å². The van der Waals surface area contributed by atoms with E-state index in [1.807, 2.05) is 6.92 Å². The van der Waals surface area contributed by atoms with Gasteiger partial charge in [0.2, 0.25) is 0 Å². The molecule has 6 nitrogen and oxygen atoms in total. The SMILES string of the molecule is CCCCP(=O)(O)O[Si](OC)(OC)OC. The van der Waals surface area contributed by atoms with Gasteiger partial charge < -0.3 is 18.2 Å². The molecule has 0 fully saturated rings. The Morgan fingerprint density at radius 2 is 1.67 bits per heavy atom. The summed E-state index contributed by atoms with van der Waals surface area (Å²) in [5, 5.41) is 0. The normalized spacial score (nSPS) is 16.3. The maximum atomic E-state index is 11.6. The zero-order valence-corrected chi connectivity index (χ0v) is 11.5. The van der Waals surface area contributed by atoms with Crippen LogP contribution in [0.2, 0.25) is 0 Å². The van der Waals surface area contributed by atoms with Crippen molar-refractivity contribution in [1.29, 1.82) is 0 Å². The van der Waals surface area contributed by atoms with Gasteiger partial charge in [0.25, 0.3) is 0 Å². The molecule has 0 rings (SSSR count). The van der Waals surface area contributed by atoms with E-state index in [1.165, 1.54) is 21.3 Å². The van der Waals surface area contributed by atoms with Crippen molar-refractivity contribution < 1.29 is 26.9 Å². The first-order valence-corrected chi connectivity index (χ1v) is 8.03. The van der Waals surface area contributed by atoms with Gasteiger partial charge in [-0.2, -0.15) is 0 Å². The second-order valence-electron chi connectivity index (χ2n) is 2.92. The first kappa shape index (κ1) is 15.2. The Balaban J connectivity index is 4.44. The molecule has 92 valence electrons. The van der Waals surface area contributed by atoms with Gasteiger partial charge in [-0.1, -0.05) is 13.3 Å². The molecule has 0 aliphatic heterocycles. The minimum Gasteiger partial charge on any atom is -0.354 e. The van der Waals surface area contributed by atoms with Crippen LogP contribution in [0.1, 0.15) is 19.8 Å². The molecule has 8 heteroatoms. The topological polar surface area (TPSA) is 74.2 Å². The van der Waals surface area contributed by atoms with Crippen molar-refractivity contribution in [3.63, 3.8) is 0 Å². The second-order valence-corrected chi connectivity index (χ2v) is 7.60. The van der Waals surface area contributed by atoms with Crippen molar-refractivity contribution in [3.8, 4) is 0 Å². The van der Waals surface area contributed by atoms with E-state index < -0.39 is 16.6 Å². The van der Waals surface area contributed by atoms with Crippen LogP contribution in [-0.4, -0.2) is 41.4 Å². The number of hydrogen-bond donors (Lipinski definition) is 1. The molecule has 0 saturated carbocycles. The predicted octanol–water partition coefficient (Wildman–Crippen LogP) is 1.36. The van der Waals surface area contributed by atoms with Gasteiger partial charge in [0.05, 0.1) is 0 Å². The fourth-order valence-electron chi connectivity index (χ4n) is 0.940. The van der Waals surface area contributed by atoms with E-state index in [-0.39, 0.29) is 6.16 Å². The molecule has 0 aliphatic rings. The van der Waals surface area contributed by atoms with Gasteiger partial charge in [0.15, 0.2) is 0 Å².